The molecule has 0 aromatic heterocycles. The molecule has 10 nitrogen and oxygen atoms in total. The topological polar surface area (TPSA) is 177 Å². The van der Waals surface area contributed by atoms with Gasteiger partial charge >= 0.3 is 5.97 Å². The maximum atomic E-state index is 12.5. The van der Waals surface area contributed by atoms with Crippen LogP contribution in [0, 0.1) is 5.92 Å². The van der Waals surface area contributed by atoms with Crippen LogP contribution in [0.15, 0.2) is 0 Å². The second kappa shape index (κ2) is 13.3. The van der Waals surface area contributed by atoms with E-state index in [-0.39, 0.29) is 11.7 Å². The molecule has 4 unspecified atom stereocenters. The Balaban J connectivity index is 4.98. The highest BCUT2D eigenvalue weighted by atomic mass is 32.1. The van der Waals surface area contributed by atoms with Gasteiger partial charge in [-0.1, -0.05) is 13.8 Å². The molecule has 0 aromatic rings. The first-order valence-electron chi connectivity index (χ1n) is 9.25. The maximum Gasteiger partial charge on any atom is 0.326 e. The van der Waals surface area contributed by atoms with E-state index in [0.29, 0.717) is 25.8 Å². The van der Waals surface area contributed by atoms with Crippen molar-refractivity contribution in [3.8, 4) is 0 Å². The third-order valence-electron chi connectivity index (χ3n) is 4.10. The summed E-state index contributed by atoms with van der Waals surface area (Å²) in [5.74, 6) is -3.08. The summed E-state index contributed by atoms with van der Waals surface area (Å²) in [4.78, 5) is 48.0. The second-order valence-electron chi connectivity index (χ2n) is 6.93. The number of rotatable bonds is 13. The summed E-state index contributed by atoms with van der Waals surface area (Å²) in [5, 5.41) is 16.6. The fourth-order valence-corrected chi connectivity index (χ4v) is 2.46. The third kappa shape index (κ3) is 9.38. The molecule has 0 saturated heterocycles. The molecule has 0 rings (SSSR count). The van der Waals surface area contributed by atoms with Gasteiger partial charge in [0.15, 0.2) is 0 Å². The Labute approximate surface area is 171 Å². The molecule has 0 spiro atoms. The number of aliphatic carboxylic acids is 1. The Hall–Kier alpha value is -1.85. The highest BCUT2D eigenvalue weighted by molar-refractivity contribution is 7.80. The summed E-state index contributed by atoms with van der Waals surface area (Å²) >= 11 is 3.96. The van der Waals surface area contributed by atoms with E-state index in [4.69, 9.17) is 16.6 Å². The zero-order valence-electron chi connectivity index (χ0n) is 16.6. The fourth-order valence-electron chi connectivity index (χ4n) is 2.29. The number of thiol groups is 1. The minimum atomic E-state index is -1.16. The van der Waals surface area contributed by atoms with Gasteiger partial charge in [-0.2, -0.15) is 12.6 Å². The van der Waals surface area contributed by atoms with Crippen molar-refractivity contribution in [1.82, 2.24) is 16.0 Å². The van der Waals surface area contributed by atoms with E-state index < -0.39 is 47.9 Å². The van der Waals surface area contributed by atoms with E-state index in [2.05, 4.69) is 28.6 Å². The van der Waals surface area contributed by atoms with Gasteiger partial charge in [0.05, 0.1) is 6.04 Å². The van der Waals surface area contributed by atoms with Crippen LogP contribution in [-0.2, 0) is 19.2 Å². The maximum absolute atomic E-state index is 12.5. The molecule has 11 heteroatoms. The van der Waals surface area contributed by atoms with Crippen LogP contribution >= 0.6 is 12.6 Å². The van der Waals surface area contributed by atoms with Crippen molar-refractivity contribution in [2.75, 3.05) is 12.3 Å². The van der Waals surface area contributed by atoms with E-state index in [1.807, 2.05) is 0 Å². The standard InChI is InChI=1S/C17H33N5O5S/c1-9(2)13(17(26)27)22-14(23)10(3)20-16(25)12(6-4-5-7-18)21-15(24)11(19)8-28/h9-13,28H,4-8,18-19H2,1-3H3,(H,20,25)(H,21,24)(H,22,23)(H,26,27). The molecule has 28 heavy (non-hydrogen) atoms. The zero-order chi connectivity index (χ0) is 21.9. The molecule has 0 radical (unpaired) electrons. The van der Waals surface area contributed by atoms with Crippen LogP contribution in [0.4, 0.5) is 0 Å². The molecule has 3 amide bonds. The first-order chi connectivity index (χ1) is 13.0. The van der Waals surface area contributed by atoms with E-state index in [9.17, 15) is 19.2 Å². The molecular formula is C17H33N5O5S. The predicted octanol–water partition coefficient (Wildman–Crippen LogP) is -1.41. The number of hydrogen-bond donors (Lipinski definition) is 7. The number of unbranched alkanes of at least 4 members (excludes halogenated alkanes) is 1. The van der Waals surface area contributed by atoms with E-state index in [1.165, 1.54) is 6.92 Å². The van der Waals surface area contributed by atoms with Crippen molar-refractivity contribution in [3.05, 3.63) is 0 Å². The average molecular weight is 420 g/mol. The number of nitrogens with one attached hydrogen (secondary N) is 3. The third-order valence-corrected chi connectivity index (χ3v) is 4.49. The smallest absolute Gasteiger partial charge is 0.326 e. The summed E-state index contributed by atoms with van der Waals surface area (Å²) in [6.07, 6.45) is 1.59. The van der Waals surface area contributed by atoms with Crippen molar-refractivity contribution in [3.63, 3.8) is 0 Å². The van der Waals surface area contributed by atoms with Gasteiger partial charge in [0.25, 0.3) is 0 Å². The van der Waals surface area contributed by atoms with Crippen LogP contribution in [0.25, 0.3) is 0 Å². The lowest BCUT2D eigenvalue weighted by Gasteiger charge is -2.24. The molecule has 0 fully saturated rings. The van der Waals surface area contributed by atoms with Crippen molar-refractivity contribution in [1.29, 1.82) is 0 Å². The van der Waals surface area contributed by atoms with Gasteiger partial charge in [-0.05, 0) is 38.6 Å². The predicted molar refractivity (Wildman–Crippen MR) is 109 cm³/mol. The van der Waals surface area contributed by atoms with Crippen LogP contribution in [-0.4, -0.2) is 65.3 Å². The normalized spacial score (nSPS) is 15.2. The minimum absolute atomic E-state index is 0.119. The second-order valence-corrected chi connectivity index (χ2v) is 7.30. The Morgan fingerprint density at radius 2 is 1.57 bits per heavy atom. The van der Waals surface area contributed by atoms with Crippen LogP contribution in [0.2, 0.25) is 0 Å². The lowest BCUT2D eigenvalue weighted by Crippen LogP contribution is -2.57. The van der Waals surface area contributed by atoms with Crippen LogP contribution < -0.4 is 27.4 Å². The van der Waals surface area contributed by atoms with Gasteiger partial charge in [-0.3, -0.25) is 14.4 Å². The summed E-state index contributed by atoms with van der Waals surface area (Å²) in [7, 11) is 0. The van der Waals surface area contributed by atoms with E-state index in [0.717, 1.165) is 0 Å². The van der Waals surface area contributed by atoms with E-state index >= 15 is 0 Å². The molecule has 162 valence electrons. The molecule has 4 atom stereocenters. The largest absolute Gasteiger partial charge is 0.480 e. The summed E-state index contributed by atoms with van der Waals surface area (Å²) in [5.41, 5.74) is 11.1. The number of amides is 3. The molecule has 0 aromatic carbocycles. The SMILES string of the molecule is CC(NC(=O)C(CCCCN)NC(=O)C(N)CS)C(=O)NC(C(=O)O)C(C)C. The van der Waals surface area contributed by atoms with Gasteiger partial charge in [-0.15, -0.1) is 0 Å². The van der Waals surface area contributed by atoms with E-state index in [1.54, 1.807) is 13.8 Å². The molecule has 0 aliphatic heterocycles. The summed E-state index contributed by atoms with van der Waals surface area (Å²) < 4.78 is 0. The number of carbonyl (C=O) groups is 4. The summed E-state index contributed by atoms with van der Waals surface area (Å²) in [6.45, 7) is 5.21. The quantitative estimate of drug-likeness (QED) is 0.142. The Morgan fingerprint density at radius 3 is 2.04 bits per heavy atom. The zero-order valence-corrected chi connectivity index (χ0v) is 17.5. The van der Waals surface area contributed by atoms with Gasteiger partial charge in [0.1, 0.15) is 18.1 Å². The van der Waals surface area contributed by atoms with Gasteiger partial charge in [0.2, 0.25) is 17.7 Å². The molecule has 8 N–H and O–H groups in total. The van der Waals surface area contributed by atoms with Crippen molar-refractivity contribution < 1.29 is 24.3 Å². The molecule has 0 heterocycles. The molecule has 0 bridgehead atoms. The summed E-state index contributed by atoms with van der Waals surface area (Å²) in [6, 6.07) is -3.81. The van der Waals surface area contributed by atoms with Crippen LogP contribution in [0.5, 0.6) is 0 Å². The number of hydrogen-bond acceptors (Lipinski definition) is 7. The van der Waals surface area contributed by atoms with Crippen molar-refractivity contribution in [2.45, 2.75) is 64.2 Å². The Morgan fingerprint density at radius 1 is 0.964 bits per heavy atom. The first kappa shape index (κ1) is 26.1. The fraction of sp³-hybridized carbons (Fsp3) is 0.765. The van der Waals surface area contributed by atoms with Gasteiger partial charge in [-0.25, -0.2) is 4.79 Å². The average Bonchev–Trinajstić information content (AvgIpc) is 2.63. The molecule has 0 aliphatic carbocycles. The number of carbonyl (C=O) groups excluding carboxylic acids is 3. The minimum Gasteiger partial charge on any atom is -0.480 e. The van der Waals surface area contributed by atoms with Gasteiger partial charge < -0.3 is 32.5 Å². The highest BCUT2D eigenvalue weighted by Crippen LogP contribution is 2.04. The number of nitrogens with two attached hydrogens (primary N) is 2. The van der Waals surface area contributed by atoms with Crippen molar-refractivity contribution >= 4 is 36.3 Å². The Bertz CT molecular complexity index is 546. The van der Waals surface area contributed by atoms with Crippen LogP contribution in [0.1, 0.15) is 40.0 Å². The van der Waals surface area contributed by atoms with Gasteiger partial charge in [0, 0.05) is 5.75 Å². The molecule has 0 aliphatic rings. The first-order valence-corrected chi connectivity index (χ1v) is 9.88. The lowest BCUT2D eigenvalue weighted by molar-refractivity contribution is -0.143. The molecular weight excluding hydrogens is 386 g/mol. The van der Waals surface area contributed by atoms with Crippen molar-refractivity contribution in [2.24, 2.45) is 17.4 Å². The number of carboxylic acid groups (broad SMARTS) is 1. The molecule has 0 saturated carbocycles. The monoisotopic (exact) mass is 419 g/mol. The highest BCUT2D eigenvalue weighted by Gasteiger charge is 2.29. The van der Waals surface area contributed by atoms with Crippen LogP contribution in [0.3, 0.4) is 0 Å². The Kier molecular flexibility index (Phi) is 12.5. The lowest BCUT2D eigenvalue weighted by atomic mass is 10.0. The number of carboxylic acids is 1.